The van der Waals surface area contributed by atoms with Crippen molar-refractivity contribution in [2.45, 2.75) is 44.6 Å². The molecule has 27 heavy (non-hydrogen) atoms. The Bertz CT molecular complexity index is 617. The summed E-state index contributed by atoms with van der Waals surface area (Å²) in [5.41, 5.74) is -2.05. The zero-order valence-corrected chi connectivity index (χ0v) is 16.4. The van der Waals surface area contributed by atoms with Gasteiger partial charge in [-0.1, -0.05) is 31.5 Å². The molecule has 1 unspecified atom stereocenters. The van der Waals surface area contributed by atoms with Gasteiger partial charge < -0.3 is 19.8 Å². The molecule has 154 valence electrons. The lowest BCUT2D eigenvalue weighted by Crippen LogP contribution is -2.46. The van der Waals surface area contributed by atoms with E-state index >= 15 is 0 Å². The fourth-order valence-electron chi connectivity index (χ4n) is 3.22. The van der Waals surface area contributed by atoms with E-state index in [0.717, 1.165) is 6.07 Å². The number of rotatable bonds is 7. The third-order valence-electron chi connectivity index (χ3n) is 4.72. The molecule has 0 amide bonds. The lowest BCUT2D eigenvalue weighted by molar-refractivity contribution is -0.137. The molecular formula is C19H27ClF3NO3. The minimum Gasteiger partial charge on any atom is -0.389 e. The van der Waals surface area contributed by atoms with Gasteiger partial charge in [0.1, 0.15) is 0 Å². The molecular weight excluding hydrogens is 383 g/mol. The Balaban J connectivity index is 1.94. The summed E-state index contributed by atoms with van der Waals surface area (Å²) in [6.07, 6.45) is -4.64. The van der Waals surface area contributed by atoms with Gasteiger partial charge in [-0.3, -0.25) is 0 Å². The first-order valence-corrected chi connectivity index (χ1v) is 9.47. The monoisotopic (exact) mass is 409 g/mol. The highest BCUT2D eigenvalue weighted by atomic mass is 35.5. The largest absolute Gasteiger partial charge is 0.417 e. The van der Waals surface area contributed by atoms with Gasteiger partial charge >= 0.3 is 6.18 Å². The minimum absolute atomic E-state index is 0.222. The molecule has 0 spiro atoms. The average molecular weight is 410 g/mol. The first kappa shape index (κ1) is 22.4. The summed E-state index contributed by atoms with van der Waals surface area (Å²) < 4.78 is 44.6. The fraction of sp³-hybridized carbons (Fsp3) is 0.684. The van der Waals surface area contributed by atoms with E-state index in [4.69, 9.17) is 16.3 Å². The predicted molar refractivity (Wildman–Crippen MR) is 97.7 cm³/mol. The molecule has 1 aromatic rings. The van der Waals surface area contributed by atoms with Crippen molar-refractivity contribution in [3.05, 3.63) is 34.3 Å². The molecule has 1 saturated heterocycles. The molecule has 1 fully saturated rings. The minimum atomic E-state index is -4.57. The van der Waals surface area contributed by atoms with Crippen LogP contribution in [-0.2, 0) is 16.5 Å². The normalized spacial score (nSPS) is 19.4. The highest BCUT2D eigenvalue weighted by molar-refractivity contribution is 6.31. The highest BCUT2D eigenvalue weighted by Gasteiger charge is 2.38. The highest BCUT2D eigenvalue weighted by Crippen LogP contribution is 2.39. The number of piperidine rings is 1. The number of β-amino-alcohol motifs (C(OH)–C–C–N with tert-alkyl or cyclic N) is 1. The number of aliphatic hydroxyl groups excluding tert-OH is 1. The van der Waals surface area contributed by atoms with Crippen LogP contribution in [0.4, 0.5) is 13.2 Å². The van der Waals surface area contributed by atoms with E-state index in [1.165, 1.54) is 12.1 Å². The second-order valence-corrected chi connectivity index (χ2v) is 8.02. The number of alkyl halides is 3. The van der Waals surface area contributed by atoms with Gasteiger partial charge in [0, 0.05) is 26.2 Å². The zero-order chi connectivity index (χ0) is 20.2. The molecule has 1 heterocycles. The molecule has 1 aromatic carbocycles. The SMILES string of the molecule is CC(C)COCC(O)CN1CCC(O)(c2ccc(Cl)c(C(F)(F)F)c2)CC1. The third kappa shape index (κ3) is 6.32. The summed E-state index contributed by atoms with van der Waals surface area (Å²) in [4.78, 5) is 1.98. The van der Waals surface area contributed by atoms with Crippen LogP contribution in [0, 0.1) is 5.92 Å². The fourth-order valence-corrected chi connectivity index (χ4v) is 3.44. The number of hydrogen-bond acceptors (Lipinski definition) is 4. The molecule has 1 aliphatic heterocycles. The van der Waals surface area contributed by atoms with Crippen molar-refractivity contribution < 1.29 is 28.1 Å². The summed E-state index contributed by atoms with van der Waals surface area (Å²) in [5, 5.41) is 20.5. The van der Waals surface area contributed by atoms with Crippen LogP contribution in [0.2, 0.25) is 5.02 Å². The van der Waals surface area contributed by atoms with Crippen LogP contribution < -0.4 is 0 Å². The van der Waals surface area contributed by atoms with Gasteiger partial charge in [0.05, 0.1) is 28.9 Å². The molecule has 0 bridgehead atoms. The van der Waals surface area contributed by atoms with Crippen molar-refractivity contribution in [1.82, 2.24) is 4.90 Å². The quantitative estimate of drug-likeness (QED) is 0.721. The van der Waals surface area contributed by atoms with Crippen molar-refractivity contribution in [1.29, 1.82) is 0 Å². The third-order valence-corrected chi connectivity index (χ3v) is 5.05. The van der Waals surface area contributed by atoms with Crippen LogP contribution in [0.25, 0.3) is 0 Å². The van der Waals surface area contributed by atoms with E-state index in [2.05, 4.69) is 0 Å². The van der Waals surface area contributed by atoms with Crippen LogP contribution in [0.3, 0.4) is 0 Å². The smallest absolute Gasteiger partial charge is 0.389 e. The molecule has 8 heteroatoms. The van der Waals surface area contributed by atoms with Gasteiger partial charge in [-0.15, -0.1) is 0 Å². The Kier molecular flexibility index (Phi) is 7.55. The lowest BCUT2D eigenvalue weighted by Gasteiger charge is -2.39. The van der Waals surface area contributed by atoms with Crippen molar-refractivity contribution in [2.75, 3.05) is 32.8 Å². The van der Waals surface area contributed by atoms with Crippen LogP contribution in [0.15, 0.2) is 18.2 Å². The van der Waals surface area contributed by atoms with Gasteiger partial charge in [-0.2, -0.15) is 13.2 Å². The molecule has 0 aromatic heterocycles. The van der Waals surface area contributed by atoms with Crippen LogP contribution in [0.1, 0.15) is 37.8 Å². The topological polar surface area (TPSA) is 52.9 Å². The molecule has 2 N–H and O–H groups in total. The van der Waals surface area contributed by atoms with Gasteiger partial charge in [-0.25, -0.2) is 0 Å². The van der Waals surface area contributed by atoms with Crippen molar-refractivity contribution >= 4 is 11.6 Å². The van der Waals surface area contributed by atoms with Crippen molar-refractivity contribution in [3.8, 4) is 0 Å². The maximum atomic E-state index is 13.1. The van der Waals surface area contributed by atoms with E-state index < -0.39 is 23.4 Å². The van der Waals surface area contributed by atoms with Crippen LogP contribution in [-0.4, -0.2) is 54.1 Å². The zero-order valence-electron chi connectivity index (χ0n) is 15.6. The average Bonchev–Trinajstić information content (AvgIpc) is 2.56. The van der Waals surface area contributed by atoms with E-state index in [-0.39, 0.29) is 30.0 Å². The van der Waals surface area contributed by atoms with Gasteiger partial charge in [0.2, 0.25) is 0 Å². The van der Waals surface area contributed by atoms with Crippen LogP contribution in [0.5, 0.6) is 0 Å². The molecule has 1 atom stereocenters. The van der Waals surface area contributed by atoms with Crippen LogP contribution >= 0.6 is 11.6 Å². The Labute approximate surface area is 162 Å². The molecule has 4 nitrogen and oxygen atoms in total. The Morgan fingerprint density at radius 2 is 1.85 bits per heavy atom. The van der Waals surface area contributed by atoms with Gasteiger partial charge in [0.25, 0.3) is 0 Å². The second kappa shape index (κ2) is 9.09. The molecule has 0 saturated carbocycles. The van der Waals surface area contributed by atoms with E-state index in [1.807, 2.05) is 18.7 Å². The van der Waals surface area contributed by atoms with Gasteiger partial charge in [-0.05, 0) is 36.5 Å². The maximum Gasteiger partial charge on any atom is 0.417 e. The molecule has 2 rings (SSSR count). The van der Waals surface area contributed by atoms with E-state index in [0.29, 0.717) is 32.2 Å². The lowest BCUT2D eigenvalue weighted by atomic mass is 9.83. The Hall–Kier alpha value is -0.860. The predicted octanol–water partition coefficient (Wildman–Crippen LogP) is 3.68. The molecule has 1 aliphatic rings. The summed E-state index contributed by atoms with van der Waals surface area (Å²) in [6, 6.07) is 3.56. The summed E-state index contributed by atoms with van der Waals surface area (Å²) >= 11 is 5.66. The second-order valence-electron chi connectivity index (χ2n) is 7.61. The van der Waals surface area contributed by atoms with Gasteiger partial charge in [0.15, 0.2) is 0 Å². The number of halogens is 4. The summed E-state index contributed by atoms with van der Waals surface area (Å²) in [6.45, 7) is 6.23. The number of likely N-dealkylation sites (tertiary alicyclic amines) is 1. The number of hydrogen-bond donors (Lipinski definition) is 2. The number of aliphatic hydroxyl groups is 2. The van der Waals surface area contributed by atoms with E-state index in [1.54, 1.807) is 0 Å². The van der Waals surface area contributed by atoms with Crippen molar-refractivity contribution in [3.63, 3.8) is 0 Å². The Morgan fingerprint density at radius 1 is 1.22 bits per heavy atom. The summed E-state index contributed by atoms with van der Waals surface area (Å²) in [7, 11) is 0. The number of nitrogens with zero attached hydrogens (tertiary/aromatic N) is 1. The first-order chi connectivity index (χ1) is 12.5. The number of ether oxygens (including phenoxy) is 1. The molecule has 0 radical (unpaired) electrons. The van der Waals surface area contributed by atoms with E-state index in [9.17, 15) is 23.4 Å². The first-order valence-electron chi connectivity index (χ1n) is 9.09. The van der Waals surface area contributed by atoms with Crippen molar-refractivity contribution in [2.24, 2.45) is 5.92 Å². The maximum absolute atomic E-state index is 13.1. The number of benzene rings is 1. The standard InChI is InChI=1S/C19H27ClF3NO3/c1-13(2)11-27-12-15(25)10-24-7-5-18(26,6-8-24)14-3-4-17(20)16(9-14)19(21,22)23/h3-4,9,13,15,25-26H,5-8,10-12H2,1-2H3. The summed E-state index contributed by atoms with van der Waals surface area (Å²) in [5.74, 6) is 0.392. The Morgan fingerprint density at radius 3 is 2.41 bits per heavy atom. The molecule has 0 aliphatic carbocycles.